The Labute approximate surface area is 501 Å². The number of Topliss-reactive ketones (excluding diaryl/α,β-unsaturated/α-hetero) is 1. The zero-order valence-electron chi connectivity index (χ0n) is 51.3. The Morgan fingerprint density at radius 2 is 1.44 bits per heavy atom. The van der Waals surface area contributed by atoms with E-state index < -0.39 is 185 Å². The van der Waals surface area contributed by atoms with Gasteiger partial charge in [-0.15, -0.1) is 0 Å². The van der Waals surface area contributed by atoms with Gasteiger partial charge in [0.25, 0.3) is 0 Å². The molecule has 0 radical (unpaired) electrons. The molecule has 25 nitrogen and oxygen atoms in total. The van der Waals surface area contributed by atoms with Crippen molar-refractivity contribution in [2.45, 2.75) is 230 Å². The van der Waals surface area contributed by atoms with Gasteiger partial charge in [0.05, 0.1) is 62.9 Å². The van der Waals surface area contributed by atoms with E-state index in [2.05, 4.69) is 11.9 Å². The van der Waals surface area contributed by atoms with Gasteiger partial charge < -0.3 is 88.2 Å². The summed E-state index contributed by atoms with van der Waals surface area (Å²) in [7, 11) is 2.65. The number of ketones is 1. The number of aliphatic hydroxyl groups excluding tert-OH is 5. The fraction of sp³-hybridized carbons (Fsp3) is 0.787. The fourth-order valence-corrected chi connectivity index (χ4v) is 16.0. The molecule has 0 aromatic rings. The van der Waals surface area contributed by atoms with Crippen LogP contribution in [0.5, 0.6) is 0 Å². The standard InChI is InChI=1S/C61H92N2O23/c1-26-17-36-19-35(25-64)30(5)23-61(36)55(68)47(56(69)85-61)54(67)60(11)38(31(6)41(86-74)21-40(26)80-46-24-59(10,63(72)73)53(34(9)79-46)62-58(71)76-13)15-14-37-48(60)27(2)16-28(3)50(37)82-45-22-42(49(66)32(7)77-45)81-43-18-29(4)51(57(70)84-43)83-44-20-39(65)52(75-12)33(8)78-44/h14-15,17,19,27-30,32-34,36-46,48-53,57,63-67,70,72,74H,6,16,18,20-25H2,1-5,7-13H3,(H,62,71)/b26-17+,54-47?/t27-,28-,29+,30+,32-,33-,34+,36+,37-,38-,39+,40-,41?,42+,43-,44-,45-,46-,48+,49-,50-,51-,52-,53-,57+,59-,60+,61-/m0/s1. The van der Waals surface area contributed by atoms with Crippen molar-refractivity contribution in [3.63, 3.8) is 0 Å². The molecular formula is C61H92N2O23. The number of methoxy groups -OCH3 is 2. The number of allylic oxidation sites excluding steroid dienone is 2. The Balaban J connectivity index is 1.02. The molecule has 0 aromatic carbocycles. The highest BCUT2D eigenvalue weighted by Crippen LogP contribution is 2.61. The maximum atomic E-state index is 15.6. The van der Waals surface area contributed by atoms with Crippen LogP contribution in [0.4, 0.5) is 4.79 Å². The van der Waals surface area contributed by atoms with Gasteiger partial charge in [0.2, 0.25) is 5.78 Å². The largest absolute Gasteiger partial charge is 0.600 e. The summed E-state index contributed by atoms with van der Waals surface area (Å²) in [6.07, 6.45) is -8.14. The van der Waals surface area contributed by atoms with Gasteiger partial charge in [-0.2, -0.15) is 0 Å². The minimum atomic E-state index is -1.91. The molecule has 1 saturated carbocycles. The minimum Gasteiger partial charge on any atom is -0.600 e. The number of ether oxygens (including phenoxy) is 11. The van der Waals surface area contributed by atoms with Gasteiger partial charge in [0.15, 0.2) is 42.6 Å². The van der Waals surface area contributed by atoms with Crippen LogP contribution in [0.1, 0.15) is 114 Å². The van der Waals surface area contributed by atoms with Crippen LogP contribution in [0.25, 0.3) is 0 Å². The van der Waals surface area contributed by atoms with Gasteiger partial charge in [-0.3, -0.25) is 10.1 Å². The molecule has 0 aromatic heterocycles. The Hall–Kier alpha value is -3.81. The lowest BCUT2D eigenvalue weighted by Crippen LogP contribution is -3.17. The minimum absolute atomic E-state index is 0.0417. The molecule has 5 heterocycles. The number of esters is 1. The van der Waals surface area contributed by atoms with Crippen molar-refractivity contribution in [2.75, 3.05) is 20.8 Å². The number of nitrogens with one attached hydrogen (secondary N) is 2. The van der Waals surface area contributed by atoms with Crippen LogP contribution >= 0.6 is 0 Å². The van der Waals surface area contributed by atoms with Crippen molar-refractivity contribution >= 4 is 17.8 Å². The van der Waals surface area contributed by atoms with Gasteiger partial charge in [-0.25, -0.2) is 24.9 Å². The molecule has 6 fully saturated rings. The van der Waals surface area contributed by atoms with E-state index in [4.69, 9.17) is 57.0 Å². The lowest BCUT2D eigenvalue weighted by molar-refractivity contribution is -1.09. The Kier molecular flexibility index (Phi) is 20.3. The number of rotatable bonds is 13. The van der Waals surface area contributed by atoms with Crippen molar-refractivity contribution in [2.24, 2.45) is 52.8 Å². The summed E-state index contributed by atoms with van der Waals surface area (Å²) in [4.78, 5) is 48.2. The van der Waals surface area contributed by atoms with Crippen LogP contribution in [-0.4, -0.2) is 190 Å². The number of carbonyl (C=O) groups excluding carboxylic acids is 3. The third-order valence-corrected chi connectivity index (χ3v) is 20.7. The Morgan fingerprint density at radius 3 is 2.08 bits per heavy atom. The highest BCUT2D eigenvalue weighted by Gasteiger charge is 2.64. The molecule has 9 rings (SSSR count). The van der Waals surface area contributed by atoms with Crippen LogP contribution in [0.2, 0.25) is 0 Å². The van der Waals surface area contributed by atoms with E-state index in [-0.39, 0.29) is 68.5 Å². The average Bonchev–Trinajstić information content (AvgIpc) is 1.33. The number of carbonyl (C=O) groups is 3. The summed E-state index contributed by atoms with van der Waals surface area (Å²) < 4.78 is 67.6. The number of amides is 1. The van der Waals surface area contributed by atoms with Crippen LogP contribution in [-0.2, 0) is 66.6 Å². The van der Waals surface area contributed by atoms with Gasteiger partial charge in [-0.1, -0.05) is 65.5 Å². The predicted octanol–water partition coefficient (Wildman–Crippen LogP) is 3.74. The zero-order chi connectivity index (χ0) is 62.8. The SMILES string of the molecule is C=C1C(OO)C[C@H](O[C@H]2C[C@](C)([NH+]([O-])O)[C@@H](NC(=O)OC)[C@@H](C)O2)/C(C)=C/[C@@H]2C=C(CO)[C@H](C)C[C@]23OC(=O)C(=C(O)[C@@]2(C)[C@H]4[C@H](C=C[C@@H]12)[C@@H](O[C@H]1C[C@@H](O[C@@H]2C[C@@H](C)[C@H](O[C@H]5C[C@@H](O)[C@@H](OC)[C@H](C)O5)[C@H](O)O2)[C@@H](O)[C@H](C)O1)[C@@H](C)C[C@@H]4C)C3=O. The summed E-state index contributed by atoms with van der Waals surface area (Å²) >= 11 is 0. The van der Waals surface area contributed by atoms with E-state index in [1.807, 2.05) is 32.9 Å². The monoisotopic (exact) mass is 1220 g/mol. The molecule has 9 aliphatic rings. The van der Waals surface area contributed by atoms with Gasteiger partial charge >= 0.3 is 12.1 Å². The van der Waals surface area contributed by atoms with Gasteiger partial charge in [0, 0.05) is 62.4 Å². The number of hydroxylamine groups is 2. The molecule has 484 valence electrons. The normalized spacial score (nSPS) is 48.4. The first-order chi connectivity index (χ1) is 40.5. The quantitative estimate of drug-likeness (QED) is 0.0417. The number of hydrogen-bond acceptors (Lipinski definition) is 23. The third kappa shape index (κ3) is 12.3. The first-order valence-electron chi connectivity index (χ1n) is 30.3. The smallest absolute Gasteiger partial charge is 0.407 e. The first kappa shape index (κ1) is 66.6. The molecule has 1 amide bonds. The molecule has 86 heavy (non-hydrogen) atoms. The zero-order valence-corrected chi connectivity index (χ0v) is 51.3. The van der Waals surface area contributed by atoms with E-state index in [9.17, 15) is 50.8 Å². The molecule has 4 aliphatic carbocycles. The number of hydrogen-bond donors (Lipinski definition) is 9. The van der Waals surface area contributed by atoms with E-state index in [1.54, 1.807) is 53.7 Å². The topological polar surface area (TPSA) is 343 Å². The highest BCUT2D eigenvalue weighted by molar-refractivity contribution is 6.26. The molecule has 5 saturated heterocycles. The second-order valence-electron chi connectivity index (χ2n) is 26.4. The Morgan fingerprint density at radius 1 is 0.791 bits per heavy atom. The van der Waals surface area contributed by atoms with Crippen molar-refractivity contribution < 1.29 is 113 Å². The van der Waals surface area contributed by atoms with Crippen molar-refractivity contribution in [1.82, 2.24) is 5.32 Å². The maximum Gasteiger partial charge on any atom is 0.407 e. The summed E-state index contributed by atoms with van der Waals surface area (Å²) in [5, 5.41) is 93.6. The van der Waals surface area contributed by atoms with Crippen molar-refractivity contribution in [3.05, 3.63) is 64.1 Å². The number of alkyl carbamates (subject to hydrolysis) is 1. The summed E-state index contributed by atoms with van der Waals surface area (Å²) in [5.74, 6) is -6.69. The molecular weight excluding hydrogens is 1130 g/mol. The van der Waals surface area contributed by atoms with Crippen molar-refractivity contribution in [3.8, 4) is 0 Å². The fourth-order valence-electron chi connectivity index (χ4n) is 16.0. The summed E-state index contributed by atoms with van der Waals surface area (Å²) in [6, 6.07) is -1.05. The summed E-state index contributed by atoms with van der Waals surface area (Å²) in [5.41, 5.74) is -4.45. The van der Waals surface area contributed by atoms with E-state index in [1.165, 1.54) is 14.0 Å². The van der Waals surface area contributed by atoms with Crippen LogP contribution in [0, 0.1) is 58.0 Å². The van der Waals surface area contributed by atoms with Crippen LogP contribution < -0.4 is 10.5 Å². The first-order valence-corrected chi connectivity index (χ1v) is 30.3. The number of quaternary nitrogens is 1. The average molecular weight is 1220 g/mol. The van der Waals surface area contributed by atoms with Crippen LogP contribution in [0.15, 0.2) is 58.9 Å². The molecule has 2 unspecified atom stereocenters. The molecule has 9 N–H and O–H groups in total. The highest BCUT2D eigenvalue weighted by atomic mass is 17.1. The maximum absolute atomic E-state index is 15.6. The molecule has 2 bridgehead atoms. The van der Waals surface area contributed by atoms with Crippen molar-refractivity contribution in [1.29, 1.82) is 0 Å². The molecule has 5 aliphatic heterocycles. The third-order valence-electron chi connectivity index (χ3n) is 20.7. The Bertz CT molecular complexity index is 2590. The predicted molar refractivity (Wildman–Crippen MR) is 299 cm³/mol. The summed E-state index contributed by atoms with van der Waals surface area (Å²) in [6.45, 7) is 21.9. The second kappa shape index (κ2) is 26.2. The van der Waals surface area contributed by atoms with Crippen LogP contribution in [0.3, 0.4) is 0 Å². The number of aliphatic hydroxyl groups is 5. The van der Waals surface area contributed by atoms with E-state index in [0.29, 0.717) is 17.6 Å². The molecule has 25 heteroatoms. The van der Waals surface area contributed by atoms with E-state index in [0.717, 1.165) is 7.11 Å². The van der Waals surface area contributed by atoms with E-state index >= 15 is 4.79 Å². The van der Waals surface area contributed by atoms with Gasteiger partial charge in [-0.05, 0) is 87.3 Å². The lowest BCUT2D eigenvalue weighted by Gasteiger charge is -2.57. The molecule has 1 spiro atoms. The van der Waals surface area contributed by atoms with Gasteiger partial charge in [0.1, 0.15) is 41.8 Å². The lowest BCUT2D eigenvalue weighted by atomic mass is 9.49. The second-order valence-corrected chi connectivity index (χ2v) is 26.4. The number of fused-ring (bicyclic) bond motifs is 4. The molecule has 29 atom stereocenters.